The van der Waals surface area contributed by atoms with Gasteiger partial charge < -0.3 is 14.6 Å². The Bertz CT molecular complexity index is 1370. The smallest absolute Gasteiger partial charge is 0.248 e. The van der Waals surface area contributed by atoms with Crippen molar-refractivity contribution in [1.29, 1.82) is 0 Å². The SMILES string of the molecule is COc1ccc(/C=C\c2onc(C)c2S(=O)(=O)N2CCC(C(=O)Nc3ccc(C)cc3C)CC2)cc1. The molecule has 2 aromatic carbocycles. The third-order valence-corrected chi connectivity index (χ3v) is 8.50. The summed E-state index contributed by atoms with van der Waals surface area (Å²) in [5.74, 6) is 0.577. The molecule has 0 spiro atoms. The van der Waals surface area contributed by atoms with Crippen molar-refractivity contribution in [3.63, 3.8) is 0 Å². The minimum absolute atomic E-state index is 0.0606. The first kappa shape index (κ1) is 25.7. The third kappa shape index (κ3) is 5.52. The van der Waals surface area contributed by atoms with Crippen LogP contribution in [0.3, 0.4) is 0 Å². The van der Waals surface area contributed by atoms with Crippen molar-refractivity contribution in [1.82, 2.24) is 9.46 Å². The summed E-state index contributed by atoms with van der Waals surface area (Å²) in [6.45, 7) is 6.08. The number of aromatic nitrogens is 1. The summed E-state index contributed by atoms with van der Waals surface area (Å²) in [6.07, 6.45) is 4.26. The maximum atomic E-state index is 13.5. The van der Waals surface area contributed by atoms with Gasteiger partial charge in [-0.25, -0.2) is 8.42 Å². The normalized spacial score (nSPS) is 15.3. The third-order valence-electron chi connectivity index (χ3n) is 6.44. The van der Waals surface area contributed by atoms with Gasteiger partial charge in [0.25, 0.3) is 0 Å². The number of rotatable bonds is 7. The number of amides is 1. The van der Waals surface area contributed by atoms with E-state index in [-0.39, 0.29) is 35.6 Å². The van der Waals surface area contributed by atoms with Gasteiger partial charge in [0.1, 0.15) is 11.4 Å². The second-order valence-corrected chi connectivity index (χ2v) is 10.9. The van der Waals surface area contributed by atoms with Gasteiger partial charge in [-0.05, 0) is 69.0 Å². The van der Waals surface area contributed by atoms with Crippen LogP contribution in [0.1, 0.15) is 41.0 Å². The van der Waals surface area contributed by atoms with Crippen LogP contribution in [0, 0.1) is 26.7 Å². The Hall–Kier alpha value is -3.43. The summed E-state index contributed by atoms with van der Waals surface area (Å²) >= 11 is 0. The highest BCUT2D eigenvalue weighted by atomic mass is 32.2. The van der Waals surface area contributed by atoms with Gasteiger partial charge in [0.2, 0.25) is 15.9 Å². The molecule has 1 N–H and O–H groups in total. The van der Waals surface area contributed by atoms with Crippen molar-refractivity contribution in [2.24, 2.45) is 5.92 Å². The molecule has 36 heavy (non-hydrogen) atoms. The molecule has 1 saturated heterocycles. The molecule has 1 aliphatic rings. The van der Waals surface area contributed by atoms with Crippen LogP contribution in [0.2, 0.25) is 0 Å². The van der Waals surface area contributed by atoms with Gasteiger partial charge in [-0.3, -0.25) is 4.79 Å². The predicted molar refractivity (Wildman–Crippen MR) is 139 cm³/mol. The van der Waals surface area contributed by atoms with Crippen LogP contribution in [0.5, 0.6) is 5.75 Å². The van der Waals surface area contributed by atoms with Crippen LogP contribution in [-0.4, -0.2) is 44.0 Å². The minimum Gasteiger partial charge on any atom is -0.497 e. The molecule has 1 amide bonds. The molecule has 0 aliphatic carbocycles. The molecule has 0 bridgehead atoms. The average Bonchev–Trinajstić information content (AvgIpc) is 3.25. The van der Waals surface area contributed by atoms with Crippen LogP contribution in [0.4, 0.5) is 5.69 Å². The molecule has 4 rings (SSSR count). The summed E-state index contributed by atoms with van der Waals surface area (Å²) in [6, 6.07) is 13.2. The molecule has 1 aliphatic heterocycles. The topological polar surface area (TPSA) is 102 Å². The number of carbonyl (C=O) groups is 1. The van der Waals surface area contributed by atoms with Crippen LogP contribution in [0.15, 0.2) is 51.9 Å². The Morgan fingerprint density at radius 2 is 1.78 bits per heavy atom. The lowest BCUT2D eigenvalue weighted by Crippen LogP contribution is -2.41. The van der Waals surface area contributed by atoms with Crippen LogP contribution in [-0.2, 0) is 14.8 Å². The Morgan fingerprint density at radius 1 is 1.08 bits per heavy atom. The van der Waals surface area contributed by atoms with Gasteiger partial charge >= 0.3 is 0 Å². The molecule has 1 aromatic heterocycles. The van der Waals surface area contributed by atoms with Crippen molar-refractivity contribution in [3.05, 3.63) is 70.6 Å². The van der Waals surface area contributed by atoms with Gasteiger partial charge in [0, 0.05) is 24.7 Å². The fourth-order valence-electron chi connectivity index (χ4n) is 4.36. The van der Waals surface area contributed by atoms with E-state index in [1.54, 1.807) is 26.2 Å². The number of carbonyl (C=O) groups excluding carboxylic acids is 1. The van der Waals surface area contributed by atoms with Crippen molar-refractivity contribution in [2.45, 2.75) is 38.5 Å². The molecule has 9 heteroatoms. The zero-order chi connectivity index (χ0) is 25.9. The van der Waals surface area contributed by atoms with E-state index < -0.39 is 10.0 Å². The second kappa shape index (κ2) is 10.7. The lowest BCUT2D eigenvalue weighted by atomic mass is 9.97. The molecule has 0 atom stereocenters. The fraction of sp³-hybridized carbons (Fsp3) is 0.333. The molecule has 0 unspecified atom stereocenters. The van der Waals surface area contributed by atoms with E-state index in [9.17, 15) is 13.2 Å². The molecular weight excluding hydrogens is 478 g/mol. The number of hydrogen-bond donors (Lipinski definition) is 1. The zero-order valence-corrected chi connectivity index (χ0v) is 21.8. The maximum Gasteiger partial charge on any atom is 0.248 e. The molecule has 190 valence electrons. The Labute approximate surface area is 212 Å². The number of ether oxygens (including phenoxy) is 1. The number of methoxy groups -OCH3 is 1. The lowest BCUT2D eigenvalue weighted by Gasteiger charge is -2.30. The summed E-state index contributed by atoms with van der Waals surface area (Å²) in [4.78, 5) is 12.9. The minimum atomic E-state index is -3.84. The highest BCUT2D eigenvalue weighted by Gasteiger charge is 2.36. The van der Waals surface area contributed by atoms with Crippen LogP contribution < -0.4 is 10.1 Å². The Balaban J connectivity index is 1.44. The van der Waals surface area contributed by atoms with E-state index in [1.165, 1.54) is 4.31 Å². The number of benzene rings is 2. The standard InChI is InChI=1S/C27H31N3O5S/c1-18-5-11-24(19(2)17-18)28-27(31)22-13-15-30(16-14-22)36(32,33)26-20(3)29-35-25(26)12-8-21-6-9-23(34-4)10-7-21/h5-12,17,22H,13-16H2,1-4H3,(H,28,31)/b12-8-. The van der Waals surface area contributed by atoms with Gasteiger partial charge in [-0.1, -0.05) is 41.1 Å². The van der Waals surface area contributed by atoms with E-state index in [4.69, 9.17) is 9.26 Å². The first-order valence-corrected chi connectivity index (χ1v) is 13.3. The quantitative estimate of drug-likeness (QED) is 0.490. The number of aryl methyl sites for hydroxylation is 3. The monoisotopic (exact) mass is 509 g/mol. The number of hydrogen-bond acceptors (Lipinski definition) is 6. The molecular formula is C27H31N3O5S. The molecule has 0 radical (unpaired) electrons. The second-order valence-electron chi connectivity index (χ2n) is 9.05. The van der Waals surface area contributed by atoms with E-state index in [2.05, 4.69) is 10.5 Å². The fourth-order valence-corrected chi connectivity index (χ4v) is 6.08. The highest BCUT2D eigenvalue weighted by Crippen LogP contribution is 2.30. The number of piperidine rings is 1. The number of anilines is 1. The van der Waals surface area contributed by atoms with Crippen molar-refractivity contribution < 1.29 is 22.5 Å². The molecule has 1 fully saturated rings. The number of nitrogens with zero attached hydrogens (tertiary/aromatic N) is 2. The van der Waals surface area contributed by atoms with Crippen molar-refractivity contribution in [3.8, 4) is 5.75 Å². The first-order valence-electron chi connectivity index (χ1n) is 11.9. The van der Waals surface area contributed by atoms with Crippen LogP contribution in [0.25, 0.3) is 12.2 Å². The number of nitrogens with one attached hydrogen (secondary N) is 1. The first-order chi connectivity index (χ1) is 17.2. The van der Waals surface area contributed by atoms with Crippen molar-refractivity contribution in [2.75, 3.05) is 25.5 Å². The molecule has 3 aromatic rings. The molecule has 8 nitrogen and oxygen atoms in total. The van der Waals surface area contributed by atoms with E-state index in [0.717, 1.165) is 28.1 Å². The Morgan fingerprint density at radius 3 is 2.42 bits per heavy atom. The number of sulfonamides is 1. The summed E-state index contributed by atoms with van der Waals surface area (Å²) in [5.41, 5.74) is 4.09. The lowest BCUT2D eigenvalue weighted by molar-refractivity contribution is -0.120. The average molecular weight is 510 g/mol. The molecule has 2 heterocycles. The summed E-state index contributed by atoms with van der Waals surface area (Å²) in [7, 11) is -2.24. The zero-order valence-electron chi connectivity index (χ0n) is 20.9. The van der Waals surface area contributed by atoms with Gasteiger partial charge in [-0.15, -0.1) is 0 Å². The van der Waals surface area contributed by atoms with Gasteiger partial charge in [0.15, 0.2) is 10.7 Å². The van der Waals surface area contributed by atoms with E-state index in [1.807, 2.05) is 56.3 Å². The van der Waals surface area contributed by atoms with E-state index in [0.29, 0.717) is 18.5 Å². The summed E-state index contributed by atoms with van der Waals surface area (Å²) in [5, 5.41) is 6.90. The summed E-state index contributed by atoms with van der Waals surface area (Å²) < 4.78 is 38.9. The largest absolute Gasteiger partial charge is 0.497 e. The maximum absolute atomic E-state index is 13.5. The highest BCUT2D eigenvalue weighted by molar-refractivity contribution is 7.89. The van der Waals surface area contributed by atoms with Gasteiger partial charge in [-0.2, -0.15) is 4.31 Å². The molecule has 0 saturated carbocycles. The van der Waals surface area contributed by atoms with E-state index >= 15 is 0 Å². The van der Waals surface area contributed by atoms with Crippen molar-refractivity contribution >= 4 is 33.8 Å². The Kier molecular flexibility index (Phi) is 7.61. The van der Waals surface area contributed by atoms with Crippen LogP contribution >= 0.6 is 0 Å². The van der Waals surface area contributed by atoms with Gasteiger partial charge in [0.05, 0.1) is 7.11 Å². The predicted octanol–water partition coefficient (Wildman–Crippen LogP) is 4.82.